The first-order chi connectivity index (χ1) is 14.4. The Balaban J connectivity index is 1.97. The maximum absolute atomic E-state index is 14.5. The van der Waals surface area contributed by atoms with Crippen molar-refractivity contribution in [1.29, 1.82) is 0 Å². The highest BCUT2D eigenvalue weighted by Crippen LogP contribution is 2.40. The van der Waals surface area contributed by atoms with Gasteiger partial charge in [-0.15, -0.1) is 0 Å². The van der Waals surface area contributed by atoms with Gasteiger partial charge in [0, 0.05) is 12.0 Å². The Morgan fingerprint density at radius 2 is 1.97 bits per heavy atom. The number of halogens is 1. The average molecular weight is 449 g/mol. The van der Waals surface area contributed by atoms with Crippen molar-refractivity contribution >= 4 is 21.6 Å². The molecule has 1 N–H and O–H groups in total. The van der Waals surface area contributed by atoms with Crippen molar-refractivity contribution in [2.45, 2.75) is 58.2 Å². The lowest BCUT2D eigenvalue weighted by Crippen LogP contribution is -2.51. The van der Waals surface area contributed by atoms with Gasteiger partial charge in [-0.2, -0.15) is 0 Å². The van der Waals surface area contributed by atoms with Gasteiger partial charge in [0.2, 0.25) is 15.9 Å². The van der Waals surface area contributed by atoms with Crippen molar-refractivity contribution < 1.29 is 22.3 Å². The SMILES string of the molecule is CC[C@H](C(=O)N[C@H]1CC(C)(C)Oc2ccc(C)cc21)N(c1ccccc1F)S(C)(=O)=O. The minimum absolute atomic E-state index is 0.143. The van der Waals surface area contributed by atoms with E-state index < -0.39 is 33.4 Å². The van der Waals surface area contributed by atoms with Crippen LogP contribution in [0.5, 0.6) is 5.75 Å². The van der Waals surface area contributed by atoms with Crippen molar-refractivity contribution in [2.75, 3.05) is 10.6 Å². The van der Waals surface area contributed by atoms with Gasteiger partial charge in [0.15, 0.2) is 0 Å². The lowest BCUT2D eigenvalue weighted by Gasteiger charge is -2.39. The highest BCUT2D eigenvalue weighted by molar-refractivity contribution is 7.92. The minimum atomic E-state index is -3.92. The third-order valence-corrected chi connectivity index (χ3v) is 6.52. The molecule has 0 fully saturated rings. The number of fused-ring (bicyclic) bond motifs is 1. The van der Waals surface area contributed by atoms with Gasteiger partial charge in [0.1, 0.15) is 23.2 Å². The number of hydrogen-bond donors (Lipinski definition) is 1. The van der Waals surface area contributed by atoms with Crippen LogP contribution >= 0.6 is 0 Å². The van der Waals surface area contributed by atoms with E-state index >= 15 is 0 Å². The van der Waals surface area contributed by atoms with Crippen molar-refractivity contribution in [1.82, 2.24) is 5.32 Å². The molecule has 0 aromatic heterocycles. The number of nitrogens with zero attached hydrogens (tertiary/aromatic N) is 1. The Labute approximate surface area is 183 Å². The molecule has 1 aliphatic rings. The number of benzene rings is 2. The molecule has 2 aromatic carbocycles. The summed E-state index contributed by atoms with van der Waals surface area (Å²) in [6.45, 7) is 7.54. The Hall–Kier alpha value is -2.61. The summed E-state index contributed by atoms with van der Waals surface area (Å²) in [7, 11) is -3.92. The number of carbonyl (C=O) groups is 1. The van der Waals surface area contributed by atoms with Gasteiger partial charge in [-0.25, -0.2) is 12.8 Å². The molecule has 0 aliphatic carbocycles. The van der Waals surface area contributed by atoms with Crippen molar-refractivity contribution in [3.05, 3.63) is 59.4 Å². The largest absolute Gasteiger partial charge is 0.487 e. The third-order valence-electron chi connectivity index (χ3n) is 5.36. The van der Waals surface area contributed by atoms with Crippen molar-refractivity contribution in [3.8, 4) is 5.75 Å². The number of ether oxygens (including phenoxy) is 1. The Morgan fingerprint density at radius 3 is 2.58 bits per heavy atom. The Bertz CT molecular complexity index is 1080. The van der Waals surface area contributed by atoms with Gasteiger partial charge in [-0.3, -0.25) is 9.10 Å². The van der Waals surface area contributed by atoms with Gasteiger partial charge in [0.25, 0.3) is 0 Å². The van der Waals surface area contributed by atoms with Crippen LogP contribution in [0, 0.1) is 12.7 Å². The number of amides is 1. The maximum Gasteiger partial charge on any atom is 0.244 e. The highest BCUT2D eigenvalue weighted by atomic mass is 32.2. The molecule has 1 heterocycles. The minimum Gasteiger partial charge on any atom is -0.487 e. The molecule has 0 saturated heterocycles. The predicted octanol–water partition coefficient (Wildman–Crippen LogP) is 4.10. The van der Waals surface area contributed by atoms with Crippen LogP contribution in [-0.2, 0) is 14.8 Å². The molecule has 1 aliphatic heterocycles. The number of carbonyl (C=O) groups excluding carboxylic acids is 1. The second kappa shape index (κ2) is 8.49. The molecule has 0 bridgehead atoms. The molecule has 3 rings (SSSR count). The van der Waals surface area contributed by atoms with Gasteiger partial charge >= 0.3 is 0 Å². The van der Waals surface area contributed by atoms with Gasteiger partial charge < -0.3 is 10.1 Å². The molecular formula is C23H29FN2O4S. The van der Waals surface area contributed by atoms with Crippen LogP contribution in [0.25, 0.3) is 0 Å². The van der Waals surface area contributed by atoms with Crippen LogP contribution in [0.2, 0.25) is 0 Å². The quantitative estimate of drug-likeness (QED) is 0.722. The number of aryl methyl sites for hydroxylation is 1. The van der Waals surface area contributed by atoms with E-state index in [1.165, 1.54) is 18.2 Å². The standard InChI is InChI=1S/C23H29FN2O4S/c1-6-19(26(31(5,28)29)20-10-8-7-9-17(20)24)22(27)25-18-14-23(3,4)30-21-12-11-15(2)13-16(18)21/h7-13,18-19H,6,14H2,1-5H3,(H,25,27)/t18-,19+/m0/s1. The fraction of sp³-hybridized carbons (Fsp3) is 0.435. The number of sulfonamides is 1. The zero-order valence-corrected chi connectivity index (χ0v) is 19.3. The molecule has 0 spiro atoms. The van der Waals surface area contributed by atoms with E-state index in [2.05, 4.69) is 5.32 Å². The topological polar surface area (TPSA) is 75.7 Å². The summed E-state index contributed by atoms with van der Waals surface area (Å²) in [5.74, 6) is -0.493. The van der Waals surface area contributed by atoms with E-state index in [-0.39, 0.29) is 18.2 Å². The van der Waals surface area contributed by atoms with Crippen LogP contribution in [0.4, 0.5) is 10.1 Å². The molecule has 2 atom stereocenters. The normalized spacial score (nSPS) is 18.5. The zero-order valence-electron chi connectivity index (χ0n) is 18.5. The van der Waals surface area contributed by atoms with Crippen molar-refractivity contribution in [2.24, 2.45) is 0 Å². The number of para-hydroxylation sites is 1. The fourth-order valence-electron chi connectivity index (χ4n) is 4.04. The molecule has 6 nitrogen and oxygen atoms in total. The lowest BCUT2D eigenvalue weighted by molar-refractivity contribution is -0.123. The summed E-state index contributed by atoms with van der Waals surface area (Å²) in [4.78, 5) is 13.3. The van der Waals surface area contributed by atoms with Gasteiger partial charge in [-0.1, -0.05) is 36.8 Å². The van der Waals surface area contributed by atoms with Crippen molar-refractivity contribution in [3.63, 3.8) is 0 Å². The monoisotopic (exact) mass is 448 g/mol. The van der Waals surface area contributed by atoms with E-state index in [4.69, 9.17) is 4.74 Å². The molecule has 0 unspecified atom stereocenters. The summed E-state index contributed by atoms with van der Waals surface area (Å²) < 4.78 is 46.6. The van der Waals surface area contributed by atoms with E-state index in [1.54, 1.807) is 13.0 Å². The van der Waals surface area contributed by atoms with E-state index in [0.717, 1.165) is 21.7 Å². The molecule has 31 heavy (non-hydrogen) atoms. The average Bonchev–Trinajstić information content (AvgIpc) is 2.66. The smallest absolute Gasteiger partial charge is 0.244 e. The first-order valence-corrected chi connectivity index (χ1v) is 12.1. The molecule has 0 radical (unpaired) electrons. The molecule has 2 aromatic rings. The van der Waals surface area contributed by atoms with Gasteiger partial charge in [-0.05, 0) is 45.4 Å². The maximum atomic E-state index is 14.5. The lowest BCUT2D eigenvalue weighted by atomic mass is 9.88. The third kappa shape index (κ3) is 5.01. The summed E-state index contributed by atoms with van der Waals surface area (Å²) in [5.41, 5.74) is 1.22. The Morgan fingerprint density at radius 1 is 1.29 bits per heavy atom. The zero-order chi connectivity index (χ0) is 23.0. The summed E-state index contributed by atoms with van der Waals surface area (Å²) in [6.07, 6.45) is 1.68. The fourth-order valence-corrected chi connectivity index (χ4v) is 5.25. The van der Waals surface area contributed by atoms with E-state index in [0.29, 0.717) is 12.2 Å². The van der Waals surface area contributed by atoms with Gasteiger partial charge in [0.05, 0.1) is 18.0 Å². The second-order valence-corrected chi connectivity index (χ2v) is 10.5. The first-order valence-electron chi connectivity index (χ1n) is 10.3. The Kier molecular flexibility index (Phi) is 6.32. The molecule has 168 valence electrons. The molecular weight excluding hydrogens is 419 g/mol. The molecule has 8 heteroatoms. The van der Waals surface area contributed by atoms with Crippen LogP contribution < -0.4 is 14.4 Å². The number of hydrogen-bond acceptors (Lipinski definition) is 4. The summed E-state index contributed by atoms with van der Waals surface area (Å²) >= 11 is 0. The number of rotatable bonds is 6. The molecule has 1 amide bonds. The highest BCUT2D eigenvalue weighted by Gasteiger charge is 2.38. The first kappa shape index (κ1) is 23.1. The molecule has 0 saturated carbocycles. The second-order valence-electron chi connectivity index (χ2n) is 8.60. The van der Waals surface area contributed by atoms with E-state index in [9.17, 15) is 17.6 Å². The number of nitrogens with one attached hydrogen (secondary N) is 1. The predicted molar refractivity (Wildman–Crippen MR) is 119 cm³/mol. The van der Waals surface area contributed by atoms with E-state index in [1.807, 2.05) is 39.0 Å². The van der Waals surface area contributed by atoms with Crippen LogP contribution in [0.3, 0.4) is 0 Å². The summed E-state index contributed by atoms with van der Waals surface area (Å²) in [5, 5.41) is 3.00. The summed E-state index contributed by atoms with van der Waals surface area (Å²) in [6, 6.07) is 9.89. The van der Waals surface area contributed by atoms with Crippen LogP contribution in [0.15, 0.2) is 42.5 Å². The van der Waals surface area contributed by atoms with Crippen LogP contribution in [0.1, 0.15) is 50.8 Å². The number of anilines is 1. The van der Waals surface area contributed by atoms with Crippen LogP contribution in [-0.4, -0.2) is 32.2 Å².